The number of rotatable bonds is 7. The predicted molar refractivity (Wildman–Crippen MR) is 81.3 cm³/mol. The quantitative estimate of drug-likeness (QED) is 0.574. The van der Waals surface area contributed by atoms with E-state index >= 15 is 0 Å². The molecule has 6 heteroatoms. The van der Waals surface area contributed by atoms with Gasteiger partial charge in [-0.1, -0.05) is 19.8 Å². The maximum atomic E-state index is 13.8. The van der Waals surface area contributed by atoms with Crippen LogP contribution in [0.25, 0.3) is 0 Å². The number of esters is 2. The van der Waals surface area contributed by atoms with Crippen molar-refractivity contribution in [1.82, 2.24) is 0 Å². The van der Waals surface area contributed by atoms with E-state index in [4.69, 9.17) is 9.47 Å². The molecule has 5 atom stereocenters. The van der Waals surface area contributed by atoms with Crippen LogP contribution in [0.1, 0.15) is 45.4 Å². The van der Waals surface area contributed by atoms with E-state index in [2.05, 4.69) is 0 Å². The molecule has 0 bridgehead atoms. The van der Waals surface area contributed by atoms with Crippen molar-refractivity contribution in [3.63, 3.8) is 0 Å². The molecule has 1 heterocycles. The van der Waals surface area contributed by atoms with Gasteiger partial charge in [0.2, 0.25) is 0 Å². The monoisotopic (exact) mass is 328 g/mol. The third-order valence-electron chi connectivity index (χ3n) is 4.84. The molecule has 2 aliphatic rings. The molecule has 1 unspecified atom stereocenters. The molecule has 1 aliphatic heterocycles. The molecule has 1 saturated carbocycles. The van der Waals surface area contributed by atoms with Crippen LogP contribution in [-0.2, 0) is 19.1 Å². The third-order valence-corrected chi connectivity index (χ3v) is 4.84. The first-order valence-electron chi connectivity index (χ1n) is 8.28. The number of aliphatic hydroxyl groups is 1. The normalized spacial score (nSPS) is 31.6. The molecule has 5 nitrogen and oxygen atoms in total. The lowest BCUT2D eigenvalue weighted by atomic mass is 9.85. The van der Waals surface area contributed by atoms with E-state index in [0.717, 1.165) is 12.8 Å². The first-order chi connectivity index (χ1) is 11.0. The predicted octanol–water partition coefficient (Wildman–Crippen LogP) is 3.09. The van der Waals surface area contributed by atoms with Crippen LogP contribution >= 0.6 is 0 Å². The largest absolute Gasteiger partial charge is 0.512 e. The number of halogens is 1. The van der Waals surface area contributed by atoms with Crippen LogP contribution in [0.4, 0.5) is 4.39 Å². The molecule has 0 amide bonds. The molecule has 0 radical (unpaired) electrons. The molecular formula is C17H25FO5. The molecule has 0 aromatic rings. The summed E-state index contributed by atoms with van der Waals surface area (Å²) in [6.45, 7) is 2.00. The summed E-state index contributed by atoms with van der Waals surface area (Å²) in [5, 5.41) is 10.4. The molecule has 1 aliphatic carbocycles. The Morgan fingerprint density at radius 3 is 2.96 bits per heavy atom. The Morgan fingerprint density at radius 2 is 2.30 bits per heavy atom. The Labute approximate surface area is 135 Å². The number of allylic oxidation sites excluding steroid dienone is 2. The zero-order chi connectivity index (χ0) is 17.0. The van der Waals surface area contributed by atoms with Crippen molar-refractivity contribution < 1.29 is 28.6 Å². The Hall–Kier alpha value is -1.59. The van der Waals surface area contributed by atoms with Crippen LogP contribution in [-0.4, -0.2) is 36.4 Å². The fourth-order valence-corrected chi connectivity index (χ4v) is 3.65. The molecule has 0 aromatic heterocycles. The zero-order valence-corrected chi connectivity index (χ0v) is 13.7. The van der Waals surface area contributed by atoms with Gasteiger partial charge in [-0.2, -0.15) is 0 Å². The standard InChI is InChI=1S/C17H25FO5/c1-3-4-5-10(18)6-7-13(19)16-11-9-15(20)23-14(11)8-12(16)17(21)22-2/h7,10-12,14,16,19H,3-6,8-9H2,1-2H3/t10?,11-,12-,14+,16-/m0/s1. The molecule has 130 valence electrons. The highest BCUT2D eigenvalue weighted by atomic mass is 19.1. The van der Waals surface area contributed by atoms with Gasteiger partial charge in [-0.25, -0.2) is 4.39 Å². The molecular weight excluding hydrogens is 303 g/mol. The number of fused-ring (bicyclic) bond motifs is 1. The summed E-state index contributed by atoms with van der Waals surface area (Å²) in [6, 6.07) is 0. The van der Waals surface area contributed by atoms with Crippen LogP contribution in [0.3, 0.4) is 0 Å². The highest BCUT2D eigenvalue weighted by Gasteiger charge is 2.54. The molecule has 0 spiro atoms. The van der Waals surface area contributed by atoms with E-state index in [1.165, 1.54) is 13.2 Å². The molecule has 1 saturated heterocycles. The van der Waals surface area contributed by atoms with Crippen LogP contribution in [0.5, 0.6) is 0 Å². The number of alkyl halides is 1. The van der Waals surface area contributed by atoms with E-state index in [1.54, 1.807) is 0 Å². The fourth-order valence-electron chi connectivity index (χ4n) is 3.65. The summed E-state index contributed by atoms with van der Waals surface area (Å²) < 4.78 is 23.8. The van der Waals surface area contributed by atoms with Crippen molar-refractivity contribution in [2.24, 2.45) is 17.8 Å². The smallest absolute Gasteiger partial charge is 0.309 e. The van der Waals surface area contributed by atoms with Gasteiger partial charge in [0.05, 0.1) is 25.2 Å². The van der Waals surface area contributed by atoms with Crippen LogP contribution in [0.2, 0.25) is 0 Å². The number of aliphatic hydroxyl groups excluding tert-OH is 1. The van der Waals surface area contributed by atoms with E-state index in [-0.39, 0.29) is 36.6 Å². The van der Waals surface area contributed by atoms with E-state index in [0.29, 0.717) is 12.8 Å². The Morgan fingerprint density at radius 1 is 1.57 bits per heavy atom. The summed E-state index contributed by atoms with van der Waals surface area (Å²) in [7, 11) is 1.29. The van der Waals surface area contributed by atoms with E-state index < -0.39 is 24.0 Å². The minimum absolute atomic E-state index is 0.0228. The van der Waals surface area contributed by atoms with Crippen LogP contribution < -0.4 is 0 Å². The summed E-state index contributed by atoms with van der Waals surface area (Å²) >= 11 is 0. The average Bonchev–Trinajstić information content (AvgIpc) is 3.05. The number of methoxy groups -OCH3 is 1. The lowest BCUT2D eigenvalue weighted by Gasteiger charge is -2.20. The minimum Gasteiger partial charge on any atom is -0.512 e. The Balaban J connectivity index is 2.08. The minimum atomic E-state index is -1.01. The molecule has 0 aromatic carbocycles. The van der Waals surface area contributed by atoms with Gasteiger partial charge in [0, 0.05) is 18.3 Å². The Kier molecular flexibility index (Phi) is 6.02. The Bertz CT molecular complexity index is 476. The van der Waals surface area contributed by atoms with Gasteiger partial charge < -0.3 is 14.6 Å². The van der Waals surface area contributed by atoms with Gasteiger partial charge in [0.15, 0.2) is 0 Å². The molecule has 23 heavy (non-hydrogen) atoms. The molecule has 2 fully saturated rings. The third kappa shape index (κ3) is 4.03. The number of carbonyl (C=O) groups is 2. The van der Waals surface area contributed by atoms with Crippen molar-refractivity contribution in [3.05, 3.63) is 11.8 Å². The van der Waals surface area contributed by atoms with E-state index in [9.17, 15) is 19.1 Å². The summed E-state index contributed by atoms with van der Waals surface area (Å²) in [4.78, 5) is 23.4. The highest BCUT2D eigenvalue weighted by molar-refractivity contribution is 5.76. The number of unbranched alkanes of at least 4 members (excludes halogenated alkanes) is 1. The zero-order valence-electron chi connectivity index (χ0n) is 13.7. The lowest BCUT2D eigenvalue weighted by molar-refractivity contribution is -0.149. The second-order valence-electron chi connectivity index (χ2n) is 6.39. The SMILES string of the molecule is CCCCC(F)CC=C(O)[C@H]1[C@H]2CC(=O)O[C@@H]2C[C@@H]1C(=O)OC. The van der Waals surface area contributed by atoms with Crippen molar-refractivity contribution in [2.75, 3.05) is 7.11 Å². The molecule has 2 rings (SSSR count). The number of hydrogen-bond donors (Lipinski definition) is 1. The van der Waals surface area contributed by atoms with Gasteiger partial charge in [-0.05, 0) is 18.9 Å². The van der Waals surface area contributed by atoms with Crippen LogP contribution in [0, 0.1) is 17.8 Å². The lowest BCUT2D eigenvalue weighted by Crippen LogP contribution is -2.26. The van der Waals surface area contributed by atoms with Crippen molar-refractivity contribution in [2.45, 2.75) is 57.7 Å². The van der Waals surface area contributed by atoms with Crippen molar-refractivity contribution in [1.29, 1.82) is 0 Å². The number of ether oxygens (including phenoxy) is 2. The highest BCUT2D eigenvalue weighted by Crippen LogP contribution is 2.48. The first kappa shape index (κ1) is 17.8. The van der Waals surface area contributed by atoms with Crippen LogP contribution in [0.15, 0.2) is 11.8 Å². The van der Waals surface area contributed by atoms with Gasteiger partial charge in [-0.3, -0.25) is 9.59 Å². The van der Waals surface area contributed by atoms with Gasteiger partial charge in [0.25, 0.3) is 0 Å². The maximum absolute atomic E-state index is 13.8. The summed E-state index contributed by atoms with van der Waals surface area (Å²) in [5.74, 6) is -2.08. The summed E-state index contributed by atoms with van der Waals surface area (Å²) in [6.07, 6.45) is 2.90. The van der Waals surface area contributed by atoms with Gasteiger partial charge in [0.1, 0.15) is 12.3 Å². The number of hydrogen-bond acceptors (Lipinski definition) is 5. The second kappa shape index (κ2) is 7.79. The topological polar surface area (TPSA) is 72.8 Å². The second-order valence-corrected chi connectivity index (χ2v) is 6.39. The first-order valence-corrected chi connectivity index (χ1v) is 8.28. The summed E-state index contributed by atoms with van der Waals surface area (Å²) in [5.41, 5.74) is 0. The molecule has 1 N–H and O–H groups in total. The van der Waals surface area contributed by atoms with Gasteiger partial charge >= 0.3 is 11.9 Å². The fraction of sp³-hybridized carbons (Fsp3) is 0.765. The maximum Gasteiger partial charge on any atom is 0.309 e. The van der Waals surface area contributed by atoms with E-state index in [1.807, 2.05) is 6.92 Å². The van der Waals surface area contributed by atoms with Gasteiger partial charge in [-0.15, -0.1) is 0 Å². The van der Waals surface area contributed by atoms with Crippen molar-refractivity contribution in [3.8, 4) is 0 Å². The average molecular weight is 328 g/mol. The number of carbonyl (C=O) groups excluding carboxylic acids is 2. The van der Waals surface area contributed by atoms with Crippen molar-refractivity contribution >= 4 is 11.9 Å².